The van der Waals surface area contributed by atoms with Crippen LogP contribution in [0.5, 0.6) is 0 Å². The lowest BCUT2D eigenvalue weighted by molar-refractivity contribution is 0.102. The Kier molecular flexibility index (Phi) is 4.63. The summed E-state index contributed by atoms with van der Waals surface area (Å²) in [6.07, 6.45) is 8.73. The van der Waals surface area contributed by atoms with E-state index < -0.39 is 0 Å². The predicted molar refractivity (Wildman–Crippen MR) is 100 cm³/mol. The van der Waals surface area contributed by atoms with E-state index in [0.29, 0.717) is 41.6 Å². The topological polar surface area (TPSA) is 86.3 Å². The number of carbonyl (C=O) groups is 1. The molecule has 27 heavy (non-hydrogen) atoms. The Hall–Kier alpha value is -3.52. The number of rotatable bonds is 6. The minimum atomic E-state index is -0.295. The number of methoxy groups -OCH3 is 1. The number of pyridine rings is 2. The molecule has 4 rings (SSSR count). The van der Waals surface area contributed by atoms with E-state index >= 15 is 0 Å². The smallest absolute Gasteiger partial charge is 0.276 e. The molecule has 0 bridgehead atoms. The molecule has 4 aromatic rings. The van der Waals surface area contributed by atoms with Gasteiger partial charge in [0.1, 0.15) is 5.69 Å². The minimum absolute atomic E-state index is 0.295. The Bertz CT molecular complexity index is 1070. The number of hydrogen-bond acceptors (Lipinski definition) is 5. The van der Waals surface area contributed by atoms with Crippen molar-refractivity contribution < 1.29 is 9.53 Å². The number of amides is 1. The molecular weight excluding hydrogens is 344 g/mol. The third-order valence-corrected chi connectivity index (χ3v) is 4.10. The molecule has 0 saturated carbocycles. The van der Waals surface area contributed by atoms with Gasteiger partial charge in [-0.1, -0.05) is 6.07 Å². The van der Waals surface area contributed by atoms with Crippen molar-refractivity contribution >= 4 is 17.1 Å². The maximum Gasteiger partial charge on any atom is 0.276 e. The van der Waals surface area contributed by atoms with Crippen LogP contribution in [0, 0.1) is 0 Å². The SMILES string of the molecule is COCCn1cnc(-c2nc(C(=O)Nc3cccnc3)c3ccccn23)c1. The highest BCUT2D eigenvalue weighted by Crippen LogP contribution is 2.22. The minimum Gasteiger partial charge on any atom is -0.383 e. The first-order chi connectivity index (χ1) is 13.3. The molecule has 0 aliphatic carbocycles. The van der Waals surface area contributed by atoms with E-state index in [1.54, 1.807) is 38.0 Å². The molecule has 8 nitrogen and oxygen atoms in total. The Morgan fingerprint density at radius 1 is 1.26 bits per heavy atom. The lowest BCUT2D eigenvalue weighted by Gasteiger charge is -2.02. The summed E-state index contributed by atoms with van der Waals surface area (Å²) < 4.78 is 8.89. The number of hydrogen-bond donors (Lipinski definition) is 1. The van der Waals surface area contributed by atoms with Gasteiger partial charge in [0, 0.05) is 32.2 Å². The Morgan fingerprint density at radius 3 is 3.00 bits per heavy atom. The highest BCUT2D eigenvalue weighted by atomic mass is 16.5. The van der Waals surface area contributed by atoms with Crippen LogP contribution in [0.4, 0.5) is 5.69 Å². The highest BCUT2D eigenvalue weighted by Gasteiger charge is 2.19. The van der Waals surface area contributed by atoms with E-state index in [0.717, 1.165) is 0 Å². The summed E-state index contributed by atoms with van der Waals surface area (Å²) in [6.45, 7) is 1.29. The zero-order valence-corrected chi connectivity index (χ0v) is 14.7. The third kappa shape index (κ3) is 3.42. The van der Waals surface area contributed by atoms with Crippen LogP contribution in [0.2, 0.25) is 0 Å². The van der Waals surface area contributed by atoms with Crippen LogP contribution in [0.25, 0.3) is 17.0 Å². The van der Waals surface area contributed by atoms with Gasteiger partial charge in [-0.25, -0.2) is 9.97 Å². The van der Waals surface area contributed by atoms with Crippen molar-refractivity contribution in [2.75, 3.05) is 19.0 Å². The largest absolute Gasteiger partial charge is 0.383 e. The fourth-order valence-corrected chi connectivity index (χ4v) is 2.81. The van der Waals surface area contributed by atoms with Gasteiger partial charge < -0.3 is 14.6 Å². The van der Waals surface area contributed by atoms with E-state index in [1.807, 2.05) is 39.6 Å². The second-order valence-corrected chi connectivity index (χ2v) is 5.93. The highest BCUT2D eigenvalue weighted by molar-refractivity contribution is 6.08. The molecule has 0 fully saturated rings. The summed E-state index contributed by atoms with van der Waals surface area (Å²) in [5, 5.41) is 2.83. The maximum absolute atomic E-state index is 12.8. The van der Waals surface area contributed by atoms with Crippen LogP contribution < -0.4 is 5.32 Å². The van der Waals surface area contributed by atoms with Crippen LogP contribution in [-0.4, -0.2) is 43.5 Å². The van der Waals surface area contributed by atoms with Crippen molar-refractivity contribution in [3.05, 3.63) is 67.1 Å². The van der Waals surface area contributed by atoms with Crippen LogP contribution >= 0.6 is 0 Å². The molecular formula is C19H18N6O2. The predicted octanol–water partition coefficient (Wildman–Crippen LogP) is 2.49. The normalized spacial score (nSPS) is 11.0. The van der Waals surface area contributed by atoms with E-state index in [2.05, 4.69) is 20.3 Å². The molecule has 0 radical (unpaired) electrons. The molecule has 4 aromatic heterocycles. The van der Waals surface area contributed by atoms with Crippen LogP contribution in [-0.2, 0) is 11.3 Å². The quantitative estimate of drug-likeness (QED) is 0.569. The van der Waals surface area contributed by atoms with Crippen LogP contribution in [0.3, 0.4) is 0 Å². The van der Waals surface area contributed by atoms with E-state index in [1.165, 1.54) is 0 Å². The van der Waals surface area contributed by atoms with Gasteiger partial charge in [0.2, 0.25) is 0 Å². The van der Waals surface area contributed by atoms with Crippen molar-refractivity contribution in [3.63, 3.8) is 0 Å². The number of imidazole rings is 2. The van der Waals surface area contributed by atoms with E-state index in [-0.39, 0.29) is 5.91 Å². The molecule has 0 aliphatic heterocycles. The molecule has 0 aliphatic rings. The van der Waals surface area contributed by atoms with Crippen LogP contribution in [0.1, 0.15) is 10.5 Å². The van der Waals surface area contributed by atoms with Gasteiger partial charge in [-0.05, 0) is 24.3 Å². The second kappa shape index (κ2) is 7.38. The van der Waals surface area contributed by atoms with Gasteiger partial charge in [-0.3, -0.25) is 14.2 Å². The first-order valence-corrected chi connectivity index (χ1v) is 8.46. The average molecular weight is 362 g/mol. The van der Waals surface area contributed by atoms with Crippen LogP contribution in [0.15, 0.2) is 61.4 Å². The molecule has 4 heterocycles. The number of anilines is 1. The molecule has 0 unspecified atom stereocenters. The van der Waals surface area contributed by atoms with Gasteiger partial charge in [0.25, 0.3) is 5.91 Å². The zero-order chi connectivity index (χ0) is 18.6. The first kappa shape index (κ1) is 16.9. The summed E-state index contributed by atoms with van der Waals surface area (Å²) in [5.41, 5.74) is 2.35. The molecule has 0 aromatic carbocycles. The number of ether oxygens (including phenoxy) is 1. The first-order valence-electron chi connectivity index (χ1n) is 8.46. The molecule has 0 spiro atoms. The van der Waals surface area contributed by atoms with Gasteiger partial charge >= 0.3 is 0 Å². The van der Waals surface area contributed by atoms with Crippen molar-refractivity contribution in [1.29, 1.82) is 0 Å². The molecule has 1 amide bonds. The van der Waals surface area contributed by atoms with E-state index in [4.69, 9.17) is 4.74 Å². The summed E-state index contributed by atoms with van der Waals surface area (Å²) in [5.74, 6) is 0.315. The fraction of sp³-hybridized carbons (Fsp3) is 0.158. The second-order valence-electron chi connectivity index (χ2n) is 5.93. The standard InChI is InChI=1S/C19H18N6O2/c1-27-10-9-24-12-15(21-13-24)18-23-17(16-6-2-3-8-25(16)18)19(26)22-14-5-4-7-20-11-14/h2-8,11-13H,9-10H2,1H3,(H,22,26). The summed E-state index contributed by atoms with van der Waals surface area (Å²) >= 11 is 0. The van der Waals surface area contributed by atoms with Gasteiger partial charge in [0.05, 0.1) is 30.3 Å². The summed E-state index contributed by atoms with van der Waals surface area (Å²) in [7, 11) is 1.66. The lowest BCUT2D eigenvalue weighted by Crippen LogP contribution is -2.12. The van der Waals surface area contributed by atoms with Gasteiger partial charge in [-0.15, -0.1) is 0 Å². The van der Waals surface area contributed by atoms with Gasteiger partial charge in [-0.2, -0.15) is 0 Å². The van der Waals surface area contributed by atoms with Crippen molar-refractivity contribution in [2.24, 2.45) is 0 Å². The molecule has 0 atom stereocenters. The maximum atomic E-state index is 12.8. The number of nitrogens with one attached hydrogen (secondary N) is 1. The third-order valence-electron chi connectivity index (χ3n) is 4.10. The molecule has 136 valence electrons. The molecule has 1 N–H and O–H groups in total. The number of nitrogens with zero attached hydrogens (tertiary/aromatic N) is 5. The average Bonchev–Trinajstić information content (AvgIpc) is 3.32. The Balaban J connectivity index is 1.71. The fourth-order valence-electron chi connectivity index (χ4n) is 2.81. The van der Waals surface area contributed by atoms with Crippen molar-refractivity contribution in [1.82, 2.24) is 23.9 Å². The number of aromatic nitrogens is 5. The molecule has 0 saturated heterocycles. The van der Waals surface area contributed by atoms with E-state index in [9.17, 15) is 4.79 Å². The lowest BCUT2D eigenvalue weighted by atomic mass is 10.3. The van der Waals surface area contributed by atoms with Gasteiger partial charge in [0.15, 0.2) is 11.5 Å². The molecule has 8 heteroatoms. The van der Waals surface area contributed by atoms with Crippen molar-refractivity contribution in [2.45, 2.75) is 6.54 Å². The number of fused-ring (bicyclic) bond motifs is 1. The monoisotopic (exact) mass is 362 g/mol. The zero-order valence-electron chi connectivity index (χ0n) is 14.7. The summed E-state index contributed by atoms with van der Waals surface area (Å²) in [6, 6.07) is 9.17. The Labute approximate surface area is 155 Å². The Morgan fingerprint density at radius 2 is 2.19 bits per heavy atom. The number of carbonyl (C=O) groups excluding carboxylic acids is 1. The van der Waals surface area contributed by atoms with Crippen molar-refractivity contribution in [3.8, 4) is 11.5 Å². The summed E-state index contributed by atoms with van der Waals surface area (Å²) in [4.78, 5) is 25.8.